The minimum absolute atomic E-state index is 0. The van der Waals surface area contributed by atoms with Gasteiger partial charge < -0.3 is 11.1 Å². The van der Waals surface area contributed by atoms with Crippen molar-refractivity contribution >= 4 is 41.3 Å². The summed E-state index contributed by atoms with van der Waals surface area (Å²) in [6.07, 6.45) is 1.98. The molecule has 0 bridgehead atoms. The molecule has 2 rings (SSSR count). The Balaban J connectivity index is 0.00000338. The number of guanidine groups is 1. The quantitative estimate of drug-likeness (QED) is 0.306. The second-order valence-electron chi connectivity index (χ2n) is 6.05. The highest BCUT2D eigenvalue weighted by molar-refractivity contribution is 14.0. The standard InChI is InChI=1S/C20H30N4S.HI/c1-3-24(4-2)18(15-17-9-6-5-7-10-17)16-23-20(21)22-13-12-19-11-8-14-25-19;/h5-11,14,18H,3-4,12-13,15-16H2,1-2H3,(H3,21,22,23);1H. The Hall–Kier alpha value is -1.12. The first-order valence-electron chi connectivity index (χ1n) is 9.07. The van der Waals surface area contributed by atoms with E-state index in [2.05, 4.69) is 76.9 Å². The SMILES string of the molecule is CCN(CC)C(CN=C(N)NCCc1cccs1)Cc1ccccc1.I. The fourth-order valence-corrected chi connectivity index (χ4v) is 3.67. The Labute approximate surface area is 178 Å². The van der Waals surface area contributed by atoms with Gasteiger partial charge in [-0.25, -0.2) is 0 Å². The van der Waals surface area contributed by atoms with E-state index in [9.17, 15) is 0 Å². The topological polar surface area (TPSA) is 53.6 Å². The number of aliphatic imine (C=N–C) groups is 1. The van der Waals surface area contributed by atoms with Crippen LogP contribution >= 0.6 is 35.3 Å². The van der Waals surface area contributed by atoms with Crippen LogP contribution in [0.3, 0.4) is 0 Å². The number of hydrogen-bond acceptors (Lipinski definition) is 3. The van der Waals surface area contributed by atoms with Gasteiger partial charge in [0.05, 0.1) is 6.54 Å². The van der Waals surface area contributed by atoms with Crippen molar-refractivity contribution in [3.05, 3.63) is 58.3 Å². The van der Waals surface area contributed by atoms with Crippen molar-refractivity contribution in [2.24, 2.45) is 10.7 Å². The molecule has 0 amide bonds. The summed E-state index contributed by atoms with van der Waals surface area (Å²) in [6, 6.07) is 15.2. The van der Waals surface area contributed by atoms with Crippen LogP contribution in [0.4, 0.5) is 0 Å². The molecule has 0 spiro atoms. The van der Waals surface area contributed by atoms with Gasteiger partial charge in [-0.2, -0.15) is 0 Å². The fraction of sp³-hybridized carbons (Fsp3) is 0.450. The molecule has 1 aromatic heterocycles. The zero-order chi connectivity index (χ0) is 17.9. The van der Waals surface area contributed by atoms with Crippen LogP contribution in [-0.4, -0.2) is 43.1 Å². The number of likely N-dealkylation sites (N-methyl/N-ethyl adjacent to an activating group) is 1. The third kappa shape index (κ3) is 8.05. The first-order valence-corrected chi connectivity index (χ1v) is 9.95. The van der Waals surface area contributed by atoms with Crippen molar-refractivity contribution in [3.63, 3.8) is 0 Å². The lowest BCUT2D eigenvalue weighted by Crippen LogP contribution is -2.40. The van der Waals surface area contributed by atoms with Gasteiger partial charge in [0.25, 0.3) is 0 Å². The third-order valence-corrected chi connectivity index (χ3v) is 5.31. The average molecular weight is 486 g/mol. The van der Waals surface area contributed by atoms with Crippen LogP contribution in [0.2, 0.25) is 0 Å². The highest BCUT2D eigenvalue weighted by Gasteiger charge is 2.16. The summed E-state index contributed by atoms with van der Waals surface area (Å²) in [5.41, 5.74) is 7.41. The number of halogens is 1. The lowest BCUT2D eigenvalue weighted by atomic mass is 10.0. The maximum atomic E-state index is 6.06. The van der Waals surface area contributed by atoms with Gasteiger partial charge in [-0.3, -0.25) is 9.89 Å². The molecule has 4 nitrogen and oxygen atoms in total. The minimum Gasteiger partial charge on any atom is -0.370 e. The van der Waals surface area contributed by atoms with Crippen LogP contribution in [0, 0.1) is 0 Å². The highest BCUT2D eigenvalue weighted by Crippen LogP contribution is 2.10. The second-order valence-corrected chi connectivity index (χ2v) is 7.08. The predicted molar refractivity (Wildman–Crippen MR) is 125 cm³/mol. The summed E-state index contributed by atoms with van der Waals surface area (Å²) in [5, 5.41) is 5.33. The highest BCUT2D eigenvalue weighted by atomic mass is 127. The van der Waals surface area contributed by atoms with E-state index in [4.69, 9.17) is 5.73 Å². The molecular formula is C20H31IN4S. The molecule has 0 saturated carbocycles. The lowest BCUT2D eigenvalue weighted by molar-refractivity contribution is 0.220. The number of rotatable bonds is 10. The molecule has 1 aromatic carbocycles. The van der Waals surface area contributed by atoms with Gasteiger partial charge in [-0.15, -0.1) is 35.3 Å². The van der Waals surface area contributed by atoms with Crippen LogP contribution in [0.5, 0.6) is 0 Å². The molecule has 2 aromatic rings. The number of thiophene rings is 1. The molecule has 144 valence electrons. The van der Waals surface area contributed by atoms with Crippen LogP contribution in [-0.2, 0) is 12.8 Å². The minimum atomic E-state index is 0. The Kier molecular flexibility index (Phi) is 11.6. The molecule has 0 aliphatic heterocycles. The largest absolute Gasteiger partial charge is 0.370 e. The van der Waals surface area contributed by atoms with Crippen molar-refractivity contribution in [1.82, 2.24) is 10.2 Å². The summed E-state index contributed by atoms with van der Waals surface area (Å²) in [4.78, 5) is 8.42. The smallest absolute Gasteiger partial charge is 0.188 e. The van der Waals surface area contributed by atoms with E-state index < -0.39 is 0 Å². The van der Waals surface area contributed by atoms with Gasteiger partial charge in [-0.05, 0) is 42.9 Å². The van der Waals surface area contributed by atoms with Crippen molar-refractivity contribution in [2.75, 3.05) is 26.2 Å². The lowest BCUT2D eigenvalue weighted by Gasteiger charge is -2.28. The van der Waals surface area contributed by atoms with Crippen LogP contribution < -0.4 is 11.1 Å². The van der Waals surface area contributed by atoms with Crippen molar-refractivity contribution < 1.29 is 0 Å². The fourth-order valence-electron chi connectivity index (χ4n) is 2.96. The van der Waals surface area contributed by atoms with E-state index in [1.54, 1.807) is 11.3 Å². The van der Waals surface area contributed by atoms with Gasteiger partial charge in [0, 0.05) is 17.5 Å². The van der Waals surface area contributed by atoms with Crippen LogP contribution in [0.1, 0.15) is 24.3 Å². The van der Waals surface area contributed by atoms with Crippen molar-refractivity contribution in [3.8, 4) is 0 Å². The van der Waals surface area contributed by atoms with E-state index in [1.807, 2.05) is 0 Å². The zero-order valence-electron chi connectivity index (χ0n) is 15.7. The molecule has 1 atom stereocenters. The normalized spacial score (nSPS) is 12.7. The van der Waals surface area contributed by atoms with Gasteiger partial charge in [0.2, 0.25) is 0 Å². The maximum Gasteiger partial charge on any atom is 0.188 e. The van der Waals surface area contributed by atoms with E-state index in [-0.39, 0.29) is 24.0 Å². The molecule has 0 aliphatic carbocycles. The molecule has 3 N–H and O–H groups in total. The van der Waals surface area contributed by atoms with E-state index >= 15 is 0 Å². The molecule has 6 heteroatoms. The average Bonchev–Trinajstić information content (AvgIpc) is 3.15. The van der Waals surface area contributed by atoms with Crippen LogP contribution in [0.15, 0.2) is 52.8 Å². The summed E-state index contributed by atoms with van der Waals surface area (Å²) >= 11 is 1.78. The first kappa shape index (κ1) is 22.9. The molecular weight excluding hydrogens is 455 g/mol. The van der Waals surface area contributed by atoms with Gasteiger partial charge in [0.1, 0.15) is 0 Å². The summed E-state index contributed by atoms with van der Waals surface area (Å²) in [7, 11) is 0. The van der Waals surface area contributed by atoms with E-state index in [0.29, 0.717) is 18.5 Å². The molecule has 1 unspecified atom stereocenters. The van der Waals surface area contributed by atoms with E-state index in [1.165, 1.54) is 10.4 Å². The summed E-state index contributed by atoms with van der Waals surface area (Å²) < 4.78 is 0. The maximum absolute atomic E-state index is 6.06. The molecule has 1 heterocycles. The first-order chi connectivity index (χ1) is 12.2. The Morgan fingerprint density at radius 2 is 1.88 bits per heavy atom. The Morgan fingerprint density at radius 3 is 2.50 bits per heavy atom. The number of nitrogens with one attached hydrogen (secondary N) is 1. The predicted octanol–water partition coefficient (Wildman–Crippen LogP) is 3.77. The number of nitrogens with zero attached hydrogens (tertiary/aromatic N) is 2. The van der Waals surface area contributed by atoms with Crippen molar-refractivity contribution in [1.29, 1.82) is 0 Å². The van der Waals surface area contributed by atoms with Crippen LogP contribution in [0.25, 0.3) is 0 Å². The molecule has 26 heavy (non-hydrogen) atoms. The molecule has 0 saturated heterocycles. The Morgan fingerprint density at radius 1 is 1.15 bits per heavy atom. The Bertz CT molecular complexity index is 612. The van der Waals surface area contributed by atoms with Gasteiger partial charge in [-0.1, -0.05) is 50.2 Å². The second kappa shape index (κ2) is 13.1. The molecule has 0 aliphatic rings. The van der Waals surface area contributed by atoms with E-state index in [0.717, 1.165) is 32.5 Å². The molecule has 0 fully saturated rings. The molecule has 0 radical (unpaired) electrons. The third-order valence-electron chi connectivity index (χ3n) is 4.37. The van der Waals surface area contributed by atoms with Gasteiger partial charge in [0.15, 0.2) is 5.96 Å². The van der Waals surface area contributed by atoms with Crippen molar-refractivity contribution in [2.45, 2.75) is 32.7 Å². The monoisotopic (exact) mass is 486 g/mol. The van der Waals surface area contributed by atoms with Gasteiger partial charge >= 0.3 is 0 Å². The number of hydrogen-bond donors (Lipinski definition) is 2. The summed E-state index contributed by atoms with van der Waals surface area (Å²) in [5.74, 6) is 0.543. The zero-order valence-corrected chi connectivity index (χ0v) is 18.9. The number of nitrogens with two attached hydrogens (primary N) is 1. The number of benzene rings is 1. The summed E-state index contributed by atoms with van der Waals surface area (Å²) in [6.45, 7) is 7.99.